The van der Waals surface area contributed by atoms with Gasteiger partial charge < -0.3 is 20.1 Å². The highest BCUT2D eigenvalue weighted by Gasteiger charge is 2.30. The van der Waals surface area contributed by atoms with Crippen molar-refractivity contribution in [3.05, 3.63) is 54.1 Å². The van der Waals surface area contributed by atoms with Crippen LogP contribution in [0.4, 0.5) is 11.6 Å². The molecule has 2 atom stereocenters. The molecule has 4 aromatic rings. The molecule has 11 nitrogen and oxygen atoms in total. The second-order valence-corrected chi connectivity index (χ2v) is 11.0. The van der Waals surface area contributed by atoms with Gasteiger partial charge in [0.1, 0.15) is 0 Å². The van der Waals surface area contributed by atoms with E-state index in [0.29, 0.717) is 42.5 Å². The maximum absolute atomic E-state index is 12.2. The molecule has 0 saturated carbocycles. The molecule has 1 aliphatic heterocycles. The zero-order valence-electron chi connectivity index (χ0n) is 19.6. The van der Waals surface area contributed by atoms with Crippen LogP contribution in [0.5, 0.6) is 0 Å². The number of aliphatic hydroxyl groups is 2. The van der Waals surface area contributed by atoms with E-state index in [2.05, 4.69) is 20.4 Å². The van der Waals surface area contributed by atoms with E-state index in [0.717, 1.165) is 16.8 Å². The van der Waals surface area contributed by atoms with Gasteiger partial charge in [0, 0.05) is 79.7 Å². The van der Waals surface area contributed by atoms with Crippen LogP contribution in [0.2, 0.25) is 0 Å². The third kappa shape index (κ3) is 4.65. The van der Waals surface area contributed by atoms with E-state index >= 15 is 0 Å². The minimum Gasteiger partial charge on any atom is -0.389 e. The van der Waals surface area contributed by atoms with Crippen LogP contribution < -0.4 is 5.32 Å². The SMILES string of the molecule is Cc1nn(-c2ccnc(Nc3ccc4c(c3)c(S(C)(=O)=O)cn4C)n2)cc1CN1C[C@@H](O)[C@@H](O)C1. The topological polar surface area (TPSA) is 138 Å². The van der Waals surface area contributed by atoms with Gasteiger partial charge in [-0.1, -0.05) is 0 Å². The minimum absolute atomic E-state index is 0.269. The molecule has 0 spiro atoms. The average molecular weight is 498 g/mol. The summed E-state index contributed by atoms with van der Waals surface area (Å²) in [7, 11) is -1.57. The predicted octanol–water partition coefficient (Wildman–Crippen LogP) is 1.15. The van der Waals surface area contributed by atoms with E-state index in [-0.39, 0.29) is 4.90 Å². The number of anilines is 2. The van der Waals surface area contributed by atoms with Gasteiger partial charge in [0.05, 0.1) is 22.8 Å². The molecule has 4 heterocycles. The molecule has 35 heavy (non-hydrogen) atoms. The lowest BCUT2D eigenvalue weighted by Gasteiger charge is -2.13. The molecule has 0 bridgehead atoms. The summed E-state index contributed by atoms with van der Waals surface area (Å²) < 4.78 is 27.9. The van der Waals surface area contributed by atoms with Crippen LogP contribution in [0.1, 0.15) is 11.3 Å². The Hall–Kier alpha value is -3.32. The molecule has 0 aliphatic carbocycles. The number of aryl methyl sites for hydroxylation is 2. The van der Waals surface area contributed by atoms with Gasteiger partial charge in [0.25, 0.3) is 0 Å². The van der Waals surface area contributed by atoms with Gasteiger partial charge in [-0.3, -0.25) is 4.90 Å². The lowest BCUT2D eigenvalue weighted by molar-refractivity contribution is 0.0572. The molecule has 0 radical (unpaired) electrons. The number of hydrogen-bond donors (Lipinski definition) is 3. The van der Waals surface area contributed by atoms with Crippen LogP contribution >= 0.6 is 0 Å². The number of nitrogens with zero attached hydrogens (tertiary/aromatic N) is 6. The lowest BCUT2D eigenvalue weighted by atomic mass is 10.2. The summed E-state index contributed by atoms with van der Waals surface area (Å²) in [5.74, 6) is 0.912. The number of fused-ring (bicyclic) bond motifs is 1. The minimum atomic E-state index is -3.38. The highest BCUT2D eigenvalue weighted by Crippen LogP contribution is 2.28. The molecule has 184 valence electrons. The first kappa shape index (κ1) is 23.4. The van der Waals surface area contributed by atoms with Crippen LogP contribution in [0.15, 0.2) is 47.8 Å². The van der Waals surface area contributed by atoms with E-state index in [1.807, 2.05) is 37.2 Å². The molecular formula is C23H27N7O4S. The van der Waals surface area contributed by atoms with Crippen LogP contribution in [-0.2, 0) is 23.4 Å². The second-order valence-electron chi connectivity index (χ2n) is 8.98. The van der Waals surface area contributed by atoms with E-state index in [1.54, 1.807) is 33.8 Å². The first-order valence-corrected chi connectivity index (χ1v) is 13.0. The predicted molar refractivity (Wildman–Crippen MR) is 130 cm³/mol. The van der Waals surface area contributed by atoms with E-state index < -0.39 is 22.0 Å². The molecule has 5 rings (SSSR count). The summed E-state index contributed by atoms with van der Waals surface area (Å²) in [5.41, 5.74) is 3.27. The number of aromatic nitrogens is 5. The monoisotopic (exact) mass is 497 g/mol. The molecule has 3 N–H and O–H groups in total. The molecule has 1 fully saturated rings. The van der Waals surface area contributed by atoms with E-state index in [9.17, 15) is 18.6 Å². The molecule has 1 aliphatic rings. The zero-order valence-corrected chi connectivity index (χ0v) is 20.4. The van der Waals surface area contributed by atoms with Gasteiger partial charge in [0.15, 0.2) is 15.7 Å². The fraction of sp³-hybridized carbons (Fsp3) is 0.348. The Balaban J connectivity index is 1.39. The quantitative estimate of drug-likeness (QED) is 0.358. The number of aliphatic hydroxyl groups excluding tert-OH is 2. The Morgan fingerprint density at radius 3 is 2.60 bits per heavy atom. The maximum atomic E-state index is 12.2. The molecule has 0 amide bonds. The van der Waals surface area contributed by atoms with Gasteiger partial charge in [-0.25, -0.2) is 18.1 Å². The van der Waals surface area contributed by atoms with Gasteiger partial charge in [-0.2, -0.15) is 10.1 Å². The number of sulfone groups is 1. The highest BCUT2D eigenvalue weighted by molar-refractivity contribution is 7.91. The third-order valence-electron chi connectivity index (χ3n) is 6.21. The van der Waals surface area contributed by atoms with Crippen molar-refractivity contribution in [1.82, 2.24) is 29.2 Å². The maximum Gasteiger partial charge on any atom is 0.229 e. The van der Waals surface area contributed by atoms with Crippen LogP contribution in [0.3, 0.4) is 0 Å². The highest BCUT2D eigenvalue weighted by atomic mass is 32.2. The molecule has 12 heteroatoms. The van der Waals surface area contributed by atoms with Crippen molar-refractivity contribution >= 4 is 32.4 Å². The van der Waals surface area contributed by atoms with Crippen LogP contribution in [-0.4, -0.2) is 79.4 Å². The fourth-order valence-corrected chi connectivity index (χ4v) is 5.29. The van der Waals surface area contributed by atoms with Gasteiger partial charge in [-0.15, -0.1) is 0 Å². The number of hydrogen-bond acceptors (Lipinski definition) is 9. The largest absolute Gasteiger partial charge is 0.389 e. The molecular weight excluding hydrogens is 470 g/mol. The molecule has 1 saturated heterocycles. The summed E-state index contributed by atoms with van der Waals surface area (Å²) in [5, 5.41) is 27.9. The summed E-state index contributed by atoms with van der Waals surface area (Å²) in [6.07, 6.45) is 4.85. The van der Waals surface area contributed by atoms with Gasteiger partial charge in [0.2, 0.25) is 5.95 Å². The fourth-order valence-electron chi connectivity index (χ4n) is 4.38. The first-order chi connectivity index (χ1) is 16.6. The lowest BCUT2D eigenvalue weighted by Crippen LogP contribution is -2.22. The van der Waals surface area contributed by atoms with Gasteiger partial charge in [-0.05, 0) is 25.1 Å². The second kappa shape index (κ2) is 8.72. The number of nitrogens with one attached hydrogen (secondary N) is 1. The zero-order chi connectivity index (χ0) is 24.9. The van der Waals surface area contributed by atoms with Crippen molar-refractivity contribution in [2.45, 2.75) is 30.6 Å². The van der Waals surface area contributed by atoms with Gasteiger partial charge >= 0.3 is 0 Å². The first-order valence-electron chi connectivity index (χ1n) is 11.1. The summed E-state index contributed by atoms with van der Waals surface area (Å²) in [6, 6.07) is 7.22. The molecule has 3 aromatic heterocycles. The Labute approximate surface area is 202 Å². The number of likely N-dealkylation sites (tertiary alicyclic amines) is 1. The smallest absolute Gasteiger partial charge is 0.229 e. The van der Waals surface area contributed by atoms with Crippen LogP contribution in [0, 0.1) is 6.92 Å². The van der Waals surface area contributed by atoms with E-state index in [1.165, 1.54) is 6.26 Å². The normalized spacial score (nSPS) is 19.0. The Morgan fingerprint density at radius 2 is 1.89 bits per heavy atom. The van der Waals surface area contributed by atoms with Crippen molar-refractivity contribution in [2.75, 3.05) is 24.7 Å². The Morgan fingerprint density at radius 1 is 1.14 bits per heavy atom. The van der Waals surface area contributed by atoms with Crippen molar-refractivity contribution < 1.29 is 18.6 Å². The Bertz CT molecular complexity index is 1500. The van der Waals surface area contributed by atoms with E-state index in [4.69, 9.17) is 0 Å². The van der Waals surface area contributed by atoms with Crippen molar-refractivity contribution in [3.63, 3.8) is 0 Å². The number of benzene rings is 1. The standard InChI is InChI=1S/C23H27N7O4S/c1-14-15(9-29-11-19(31)20(32)12-29)10-30(27-14)22-6-7-24-23(26-22)25-16-4-5-18-17(8-16)21(13-28(18)2)35(3,33)34/h4-8,10,13,19-20,31-32H,9,11-12H2,1-3H3,(H,24,25,26)/t19-,20+. The van der Waals surface area contributed by atoms with Crippen molar-refractivity contribution in [1.29, 1.82) is 0 Å². The molecule has 1 aromatic carbocycles. The molecule has 0 unspecified atom stereocenters. The number of rotatable bonds is 6. The van der Waals surface area contributed by atoms with Crippen molar-refractivity contribution in [2.24, 2.45) is 7.05 Å². The third-order valence-corrected chi connectivity index (χ3v) is 7.34. The summed E-state index contributed by atoms with van der Waals surface area (Å²) >= 11 is 0. The Kier molecular flexibility index (Phi) is 5.83. The summed E-state index contributed by atoms with van der Waals surface area (Å²) in [6.45, 7) is 3.31. The average Bonchev–Trinajstić information content (AvgIpc) is 3.43. The van der Waals surface area contributed by atoms with Crippen molar-refractivity contribution in [3.8, 4) is 5.82 Å². The number of β-amino-alcohol motifs (C(OH)–C–C–N with tert-alkyl or cyclic N) is 2. The summed E-state index contributed by atoms with van der Waals surface area (Å²) in [4.78, 5) is 11.1. The van der Waals surface area contributed by atoms with Crippen LogP contribution in [0.25, 0.3) is 16.7 Å².